The first-order valence-corrected chi connectivity index (χ1v) is 8.51. The van der Waals surface area contributed by atoms with Gasteiger partial charge >= 0.3 is 0 Å². The summed E-state index contributed by atoms with van der Waals surface area (Å²) < 4.78 is 33.2. The lowest BCUT2D eigenvalue weighted by Crippen LogP contribution is -2.53. The number of nitrogens with two attached hydrogens (primary N) is 1. The van der Waals surface area contributed by atoms with Crippen molar-refractivity contribution in [1.82, 2.24) is 4.90 Å². The molecule has 118 valence electrons. The first-order chi connectivity index (χ1) is 9.88. The van der Waals surface area contributed by atoms with Crippen LogP contribution in [0.1, 0.15) is 13.8 Å². The molecule has 0 atom stereocenters. The number of rotatable bonds is 7. The molecule has 6 nitrogen and oxygen atoms in total. The standard InChI is InChI=1S/C14H22N2O4S/c1-11(2)16(12-9-19-10-12)7-8-20-13-3-5-14(6-4-13)21(15,17)18/h3-6,11-12H,7-10H2,1-2H3,(H2,15,17,18). The fourth-order valence-electron chi connectivity index (χ4n) is 2.27. The summed E-state index contributed by atoms with van der Waals surface area (Å²) >= 11 is 0. The van der Waals surface area contributed by atoms with E-state index in [0.717, 1.165) is 19.8 Å². The van der Waals surface area contributed by atoms with E-state index >= 15 is 0 Å². The third-order valence-electron chi connectivity index (χ3n) is 3.52. The van der Waals surface area contributed by atoms with Crippen molar-refractivity contribution < 1.29 is 17.9 Å². The highest BCUT2D eigenvalue weighted by molar-refractivity contribution is 7.89. The summed E-state index contributed by atoms with van der Waals surface area (Å²) in [4.78, 5) is 2.44. The lowest BCUT2D eigenvalue weighted by atomic mass is 10.1. The fourth-order valence-corrected chi connectivity index (χ4v) is 2.79. The largest absolute Gasteiger partial charge is 0.492 e. The Morgan fingerprint density at radius 2 is 1.95 bits per heavy atom. The molecule has 0 bridgehead atoms. The molecule has 21 heavy (non-hydrogen) atoms. The number of primary sulfonamides is 1. The number of benzene rings is 1. The summed E-state index contributed by atoms with van der Waals surface area (Å²) in [7, 11) is -3.65. The van der Waals surface area contributed by atoms with Crippen LogP contribution in [0, 0.1) is 0 Å². The molecule has 0 spiro atoms. The summed E-state index contributed by atoms with van der Waals surface area (Å²) in [6, 6.07) is 7.04. The van der Waals surface area contributed by atoms with Crippen LogP contribution in [0.15, 0.2) is 29.2 Å². The number of hydrogen-bond acceptors (Lipinski definition) is 5. The highest BCUT2D eigenvalue weighted by Crippen LogP contribution is 2.16. The minimum absolute atomic E-state index is 0.0882. The van der Waals surface area contributed by atoms with Crippen molar-refractivity contribution in [2.75, 3.05) is 26.4 Å². The van der Waals surface area contributed by atoms with Crippen molar-refractivity contribution >= 4 is 10.0 Å². The molecule has 0 saturated carbocycles. The molecule has 1 aromatic rings. The maximum atomic E-state index is 11.2. The van der Waals surface area contributed by atoms with Crippen LogP contribution in [0.4, 0.5) is 0 Å². The number of sulfonamides is 1. The quantitative estimate of drug-likeness (QED) is 0.806. The van der Waals surface area contributed by atoms with Gasteiger partial charge in [0.15, 0.2) is 0 Å². The van der Waals surface area contributed by atoms with Gasteiger partial charge in [-0.25, -0.2) is 13.6 Å². The van der Waals surface area contributed by atoms with Crippen molar-refractivity contribution in [2.45, 2.75) is 30.8 Å². The molecule has 7 heteroatoms. The smallest absolute Gasteiger partial charge is 0.238 e. The van der Waals surface area contributed by atoms with E-state index in [2.05, 4.69) is 18.7 Å². The van der Waals surface area contributed by atoms with Gasteiger partial charge in [0.25, 0.3) is 0 Å². The van der Waals surface area contributed by atoms with Crippen molar-refractivity contribution in [2.24, 2.45) is 5.14 Å². The Hall–Kier alpha value is -1.15. The normalized spacial score (nSPS) is 16.2. The molecule has 2 rings (SSSR count). The number of ether oxygens (including phenoxy) is 2. The van der Waals surface area contributed by atoms with E-state index in [0.29, 0.717) is 24.4 Å². The van der Waals surface area contributed by atoms with Crippen LogP contribution in [0.5, 0.6) is 5.75 Å². The van der Waals surface area contributed by atoms with E-state index in [1.165, 1.54) is 12.1 Å². The maximum absolute atomic E-state index is 11.2. The van der Waals surface area contributed by atoms with Gasteiger partial charge in [-0.15, -0.1) is 0 Å². The SMILES string of the molecule is CC(C)N(CCOc1ccc(S(N)(=O)=O)cc1)C1COC1. The Kier molecular flexibility index (Phi) is 5.21. The van der Waals surface area contributed by atoms with Gasteiger partial charge in [0.1, 0.15) is 12.4 Å². The molecular weight excluding hydrogens is 292 g/mol. The zero-order valence-corrected chi connectivity index (χ0v) is 13.2. The van der Waals surface area contributed by atoms with Crippen LogP contribution < -0.4 is 9.88 Å². The fraction of sp³-hybridized carbons (Fsp3) is 0.571. The van der Waals surface area contributed by atoms with Crippen molar-refractivity contribution in [3.63, 3.8) is 0 Å². The van der Waals surface area contributed by atoms with E-state index in [1.54, 1.807) is 12.1 Å². The molecule has 0 unspecified atom stereocenters. The summed E-state index contributed by atoms with van der Waals surface area (Å²) in [5.41, 5.74) is 0. The average Bonchev–Trinajstić information content (AvgIpc) is 2.34. The van der Waals surface area contributed by atoms with Crippen LogP contribution in [-0.2, 0) is 14.8 Å². The molecular formula is C14H22N2O4S. The van der Waals surface area contributed by atoms with E-state index in [1.807, 2.05) is 0 Å². The van der Waals surface area contributed by atoms with E-state index in [-0.39, 0.29) is 4.90 Å². The van der Waals surface area contributed by atoms with Gasteiger partial charge in [-0.1, -0.05) is 0 Å². The Morgan fingerprint density at radius 1 is 1.33 bits per heavy atom. The predicted octanol–water partition coefficient (Wildman–Crippen LogP) is 0.822. The minimum atomic E-state index is -3.65. The first-order valence-electron chi connectivity index (χ1n) is 6.97. The van der Waals surface area contributed by atoms with Gasteiger partial charge in [0.2, 0.25) is 10.0 Å². The van der Waals surface area contributed by atoms with Gasteiger partial charge in [0.05, 0.1) is 24.2 Å². The summed E-state index contributed by atoms with van der Waals surface area (Å²) in [5, 5.41) is 5.05. The molecule has 1 aliphatic heterocycles. The highest BCUT2D eigenvalue weighted by atomic mass is 32.2. The third-order valence-corrected chi connectivity index (χ3v) is 4.45. The van der Waals surface area contributed by atoms with E-state index in [4.69, 9.17) is 14.6 Å². The summed E-state index contributed by atoms with van der Waals surface area (Å²) in [5.74, 6) is 0.635. The molecule has 1 fully saturated rings. The van der Waals surface area contributed by atoms with Crippen LogP contribution in [0.2, 0.25) is 0 Å². The molecule has 1 aliphatic rings. The molecule has 0 aliphatic carbocycles. The lowest BCUT2D eigenvalue weighted by Gasteiger charge is -2.39. The Morgan fingerprint density at radius 3 is 2.38 bits per heavy atom. The molecule has 0 radical (unpaired) electrons. The van der Waals surface area contributed by atoms with Crippen LogP contribution >= 0.6 is 0 Å². The second-order valence-electron chi connectivity index (χ2n) is 5.39. The van der Waals surface area contributed by atoms with Gasteiger partial charge < -0.3 is 9.47 Å². The monoisotopic (exact) mass is 314 g/mol. The summed E-state index contributed by atoms with van der Waals surface area (Å²) in [6.07, 6.45) is 0. The van der Waals surface area contributed by atoms with Crippen molar-refractivity contribution in [1.29, 1.82) is 0 Å². The zero-order chi connectivity index (χ0) is 15.5. The van der Waals surface area contributed by atoms with Crippen molar-refractivity contribution in [3.05, 3.63) is 24.3 Å². The van der Waals surface area contributed by atoms with Crippen LogP contribution in [0.3, 0.4) is 0 Å². The Balaban J connectivity index is 1.85. The topological polar surface area (TPSA) is 81.9 Å². The molecule has 0 aromatic heterocycles. The van der Waals surface area contributed by atoms with Crippen LogP contribution in [0.25, 0.3) is 0 Å². The zero-order valence-electron chi connectivity index (χ0n) is 12.4. The Bertz CT molecular complexity index is 553. The predicted molar refractivity (Wildman–Crippen MR) is 79.8 cm³/mol. The van der Waals surface area contributed by atoms with Crippen LogP contribution in [-0.4, -0.2) is 51.8 Å². The molecule has 0 amide bonds. The van der Waals surface area contributed by atoms with E-state index in [9.17, 15) is 8.42 Å². The molecule has 1 saturated heterocycles. The first kappa shape index (κ1) is 16.2. The van der Waals surface area contributed by atoms with Gasteiger partial charge in [-0.2, -0.15) is 0 Å². The van der Waals surface area contributed by atoms with Gasteiger partial charge in [0, 0.05) is 12.6 Å². The van der Waals surface area contributed by atoms with Gasteiger partial charge in [-0.05, 0) is 38.1 Å². The molecule has 1 heterocycles. The molecule has 2 N–H and O–H groups in total. The van der Waals surface area contributed by atoms with Crippen molar-refractivity contribution in [3.8, 4) is 5.75 Å². The summed E-state index contributed by atoms with van der Waals surface area (Å²) in [6.45, 7) is 7.22. The number of nitrogens with zero attached hydrogens (tertiary/aromatic N) is 1. The minimum Gasteiger partial charge on any atom is -0.492 e. The number of hydrogen-bond donors (Lipinski definition) is 1. The lowest BCUT2D eigenvalue weighted by molar-refractivity contribution is -0.0776. The second-order valence-corrected chi connectivity index (χ2v) is 6.95. The van der Waals surface area contributed by atoms with E-state index < -0.39 is 10.0 Å². The third kappa shape index (κ3) is 4.41. The highest BCUT2D eigenvalue weighted by Gasteiger charge is 2.27. The molecule has 1 aromatic carbocycles. The average molecular weight is 314 g/mol. The van der Waals surface area contributed by atoms with Gasteiger partial charge in [-0.3, -0.25) is 4.90 Å². The Labute approximate surface area is 125 Å². The second kappa shape index (κ2) is 6.74. The maximum Gasteiger partial charge on any atom is 0.238 e.